The quantitative estimate of drug-likeness (QED) is 0.758. The summed E-state index contributed by atoms with van der Waals surface area (Å²) in [7, 11) is 0. The maximum Gasteiger partial charge on any atom is 0.271 e. The Balaban J connectivity index is 1.42. The molecule has 1 saturated heterocycles. The molecule has 1 amide bonds. The summed E-state index contributed by atoms with van der Waals surface area (Å²) in [4.78, 5) is 37.2. The van der Waals surface area contributed by atoms with E-state index >= 15 is 0 Å². The number of hydrogen-bond acceptors (Lipinski definition) is 5. The van der Waals surface area contributed by atoms with Crippen LogP contribution in [0.2, 0.25) is 0 Å². The van der Waals surface area contributed by atoms with Crippen molar-refractivity contribution in [1.82, 2.24) is 29.6 Å². The Kier molecular flexibility index (Phi) is 4.78. The maximum atomic E-state index is 12.4. The molecule has 1 aliphatic heterocycles. The third-order valence-corrected chi connectivity index (χ3v) is 4.90. The van der Waals surface area contributed by atoms with E-state index in [0.717, 1.165) is 24.1 Å². The van der Waals surface area contributed by atoms with Gasteiger partial charge < -0.3 is 9.88 Å². The first-order valence-electron chi connectivity index (χ1n) is 8.97. The van der Waals surface area contributed by atoms with E-state index in [1.807, 2.05) is 17.0 Å². The number of piperidine rings is 1. The largest absolute Gasteiger partial charge is 0.341 e. The van der Waals surface area contributed by atoms with Crippen LogP contribution in [0.5, 0.6) is 0 Å². The Hall–Kier alpha value is -3.29. The molecular formula is C19H20N6O2. The maximum absolute atomic E-state index is 12.4. The molecule has 1 aliphatic rings. The van der Waals surface area contributed by atoms with Gasteiger partial charge in [0.15, 0.2) is 0 Å². The highest BCUT2D eigenvalue weighted by molar-refractivity contribution is 5.92. The molecule has 8 heteroatoms. The molecule has 4 rings (SSSR count). The first-order valence-corrected chi connectivity index (χ1v) is 8.97. The molecule has 0 bridgehead atoms. The number of aromatic amines is 1. The number of likely N-dealkylation sites (tertiary alicyclic amines) is 1. The molecule has 0 atom stereocenters. The molecule has 8 nitrogen and oxygen atoms in total. The van der Waals surface area contributed by atoms with Gasteiger partial charge in [0.25, 0.3) is 11.5 Å². The zero-order valence-electron chi connectivity index (χ0n) is 14.8. The molecule has 1 fully saturated rings. The summed E-state index contributed by atoms with van der Waals surface area (Å²) in [6.45, 7) is 1.90. The molecule has 3 aromatic heterocycles. The van der Waals surface area contributed by atoms with Gasteiger partial charge in [-0.2, -0.15) is 5.10 Å². The highest BCUT2D eigenvalue weighted by atomic mass is 16.2. The fourth-order valence-electron chi connectivity index (χ4n) is 3.36. The van der Waals surface area contributed by atoms with E-state index in [0.29, 0.717) is 31.2 Å². The van der Waals surface area contributed by atoms with Gasteiger partial charge in [-0.05, 0) is 37.0 Å². The van der Waals surface area contributed by atoms with Crippen LogP contribution in [0.25, 0.3) is 11.3 Å². The van der Waals surface area contributed by atoms with Crippen molar-refractivity contribution < 1.29 is 4.79 Å². The monoisotopic (exact) mass is 364 g/mol. The van der Waals surface area contributed by atoms with Crippen molar-refractivity contribution in [2.75, 3.05) is 13.1 Å². The number of aromatic nitrogens is 5. The smallest absolute Gasteiger partial charge is 0.271 e. The number of amides is 1. The average Bonchev–Trinajstić information content (AvgIpc) is 3.25. The normalized spacial score (nSPS) is 15.0. The van der Waals surface area contributed by atoms with Gasteiger partial charge in [0.1, 0.15) is 5.69 Å². The van der Waals surface area contributed by atoms with Crippen LogP contribution in [0, 0.1) is 5.92 Å². The van der Waals surface area contributed by atoms with Crippen molar-refractivity contribution >= 4 is 5.91 Å². The summed E-state index contributed by atoms with van der Waals surface area (Å²) >= 11 is 0. The second-order valence-electron chi connectivity index (χ2n) is 6.68. The van der Waals surface area contributed by atoms with E-state index in [9.17, 15) is 9.59 Å². The first kappa shape index (κ1) is 17.1. The minimum absolute atomic E-state index is 0.0269. The molecule has 0 unspecified atom stereocenters. The van der Waals surface area contributed by atoms with E-state index < -0.39 is 0 Å². The van der Waals surface area contributed by atoms with Gasteiger partial charge in [-0.25, -0.2) is 9.67 Å². The van der Waals surface area contributed by atoms with Crippen molar-refractivity contribution in [2.24, 2.45) is 5.92 Å². The number of imidazole rings is 1. The molecule has 1 N–H and O–H groups in total. The second-order valence-corrected chi connectivity index (χ2v) is 6.68. The zero-order valence-corrected chi connectivity index (χ0v) is 14.8. The van der Waals surface area contributed by atoms with Crippen LogP contribution in [0.4, 0.5) is 0 Å². The Bertz CT molecular complexity index is 959. The molecule has 0 aromatic carbocycles. The van der Waals surface area contributed by atoms with Gasteiger partial charge in [0, 0.05) is 43.7 Å². The van der Waals surface area contributed by atoms with Gasteiger partial charge in [0.05, 0.1) is 18.2 Å². The number of hydrogen-bond donors (Lipinski definition) is 1. The third kappa shape index (κ3) is 3.79. The predicted octanol–water partition coefficient (Wildman–Crippen LogP) is 1.58. The third-order valence-electron chi connectivity index (χ3n) is 4.90. The molecule has 27 heavy (non-hydrogen) atoms. The number of H-pyrrole nitrogens is 1. The molecule has 4 heterocycles. The van der Waals surface area contributed by atoms with Gasteiger partial charge in [-0.15, -0.1) is 0 Å². The van der Waals surface area contributed by atoms with E-state index in [1.54, 1.807) is 30.7 Å². The van der Waals surface area contributed by atoms with Crippen LogP contribution in [0.3, 0.4) is 0 Å². The molecule has 3 aromatic rings. The lowest BCUT2D eigenvalue weighted by atomic mass is 9.96. The van der Waals surface area contributed by atoms with Crippen LogP contribution in [-0.4, -0.2) is 48.6 Å². The van der Waals surface area contributed by atoms with Crippen LogP contribution < -0.4 is 5.56 Å². The highest BCUT2D eigenvalue weighted by Gasteiger charge is 2.25. The summed E-state index contributed by atoms with van der Waals surface area (Å²) in [6, 6.07) is 7.03. The summed E-state index contributed by atoms with van der Waals surface area (Å²) < 4.78 is 1.53. The van der Waals surface area contributed by atoms with E-state index in [1.165, 1.54) is 11.0 Å². The Morgan fingerprint density at radius 1 is 1.11 bits per heavy atom. The van der Waals surface area contributed by atoms with Crippen molar-refractivity contribution in [2.45, 2.75) is 19.4 Å². The lowest BCUT2D eigenvalue weighted by Gasteiger charge is -2.31. The number of nitrogens with one attached hydrogen (secondary N) is 1. The lowest BCUT2D eigenvalue weighted by Crippen LogP contribution is -2.40. The van der Waals surface area contributed by atoms with Crippen molar-refractivity contribution in [3.05, 3.63) is 65.2 Å². The van der Waals surface area contributed by atoms with E-state index in [2.05, 4.69) is 20.1 Å². The lowest BCUT2D eigenvalue weighted by molar-refractivity contribution is 0.0675. The SMILES string of the molecule is O=C(c1cnc[nH]1)N1CCC(Cn2nc(-c3ccncc3)ccc2=O)CC1. The minimum atomic E-state index is -0.108. The summed E-state index contributed by atoms with van der Waals surface area (Å²) in [5.74, 6) is 0.287. The van der Waals surface area contributed by atoms with Crippen molar-refractivity contribution in [3.63, 3.8) is 0 Å². The Morgan fingerprint density at radius 2 is 1.89 bits per heavy atom. The molecular weight excluding hydrogens is 344 g/mol. The van der Waals surface area contributed by atoms with Gasteiger partial charge in [0.2, 0.25) is 0 Å². The predicted molar refractivity (Wildman–Crippen MR) is 98.9 cm³/mol. The summed E-state index contributed by atoms with van der Waals surface area (Å²) in [5.41, 5.74) is 2.09. The van der Waals surface area contributed by atoms with Crippen LogP contribution in [0.1, 0.15) is 23.3 Å². The van der Waals surface area contributed by atoms with Crippen LogP contribution >= 0.6 is 0 Å². The Labute approximate surface area is 155 Å². The Morgan fingerprint density at radius 3 is 2.59 bits per heavy atom. The molecule has 0 radical (unpaired) electrons. The van der Waals surface area contributed by atoms with Crippen LogP contribution in [-0.2, 0) is 6.54 Å². The van der Waals surface area contributed by atoms with Crippen molar-refractivity contribution in [3.8, 4) is 11.3 Å². The fraction of sp³-hybridized carbons (Fsp3) is 0.316. The average molecular weight is 364 g/mol. The van der Waals surface area contributed by atoms with Gasteiger partial charge in [-0.3, -0.25) is 14.6 Å². The summed E-state index contributed by atoms with van der Waals surface area (Å²) in [6.07, 6.45) is 8.15. The minimum Gasteiger partial charge on any atom is -0.341 e. The molecule has 0 aliphatic carbocycles. The topological polar surface area (TPSA) is 96.8 Å². The number of nitrogens with zero attached hydrogens (tertiary/aromatic N) is 5. The zero-order chi connectivity index (χ0) is 18.6. The molecule has 0 saturated carbocycles. The van der Waals surface area contributed by atoms with Crippen LogP contribution in [0.15, 0.2) is 54.0 Å². The van der Waals surface area contributed by atoms with E-state index in [4.69, 9.17) is 0 Å². The van der Waals surface area contributed by atoms with Gasteiger partial charge in [-0.1, -0.05) is 0 Å². The van der Waals surface area contributed by atoms with E-state index in [-0.39, 0.29) is 11.5 Å². The summed E-state index contributed by atoms with van der Waals surface area (Å²) in [5, 5.41) is 4.51. The highest BCUT2D eigenvalue weighted by Crippen LogP contribution is 2.20. The van der Waals surface area contributed by atoms with Crippen molar-refractivity contribution in [1.29, 1.82) is 0 Å². The van der Waals surface area contributed by atoms with Gasteiger partial charge >= 0.3 is 0 Å². The first-order chi connectivity index (χ1) is 13.2. The standard InChI is InChI=1S/C19H20N6O2/c26-18-2-1-16(15-3-7-20-8-4-15)23-25(18)12-14-5-9-24(10-6-14)19(27)17-11-21-13-22-17/h1-4,7-8,11,13-14H,5-6,9-10,12H2,(H,21,22). The second kappa shape index (κ2) is 7.53. The molecule has 0 spiro atoms. The number of pyridine rings is 1. The molecule has 138 valence electrons. The number of carbonyl (C=O) groups excluding carboxylic acids is 1. The number of rotatable bonds is 4. The number of carbonyl (C=O) groups is 1. The fourth-order valence-corrected chi connectivity index (χ4v) is 3.36.